The van der Waals surface area contributed by atoms with Crippen molar-refractivity contribution in [1.82, 2.24) is 14.7 Å². The maximum atomic E-state index is 12.6. The van der Waals surface area contributed by atoms with Crippen molar-refractivity contribution in [3.8, 4) is 0 Å². The zero-order valence-electron chi connectivity index (χ0n) is 20.9. The van der Waals surface area contributed by atoms with Crippen molar-refractivity contribution < 1.29 is 9.53 Å². The van der Waals surface area contributed by atoms with Gasteiger partial charge in [-0.1, -0.05) is 25.1 Å². The summed E-state index contributed by atoms with van der Waals surface area (Å²) in [5.74, 6) is 0.169. The number of likely N-dealkylation sites (tertiary alicyclic amines) is 1. The number of piperidine rings is 1. The Bertz CT molecular complexity index is 1140. The van der Waals surface area contributed by atoms with E-state index in [1.54, 1.807) is 0 Å². The van der Waals surface area contributed by atoms with E-state index in [-0.39, 0.29) is 11.9 Å². The first-order valence-electron chi connectivity index (χ1n) is 12.8. The van der Waals surface area contributed by atoms with E-state index in [1.807, 2.05) is 29.7 Å². The maximum Gasteiger partial charge on any atom is 0.222 e. The van der Waals surface area contributed by atoms with E-state index in [0.29, 0.717) is 19.5 Å². The molecule has 3 aliphatic rings. The molecule has 1 aromatic carbocycles. The molecule has 186 valence electrons. The molecule has 2 saturated heterocycles. The number of anilines is 1. The Hall–Kier alpha value is -3.13. The normalized spacial score (nSPS) is 21.8. The van der Waals surface area contributed by atoms with Gasteiger partial charge in [0, 0.05) is 88.0 Å². The molecule has 0 radical (unpaired) electrons. The van der Waals surface area contributed by atoms with Crippen LogP contribution in [0.15, 0.2) is 41.2 Å². The second-order valence-electron chi connectivity index (χ2n) is 9.72. The summed E-state index contributed by atoms with van der Waals surface area (Å²) in [6, 6.07) is 6.70. The van der Waals surface area contributed by atoms with E-state index < -0.39 is 0 Å². The lowest BCUT2D eigenvalue weighted by Gasteiger charge is -2.33. The molecule has 0 saturated carbocycles. The molecular weight excluding hydrogens is 440 g/mol. The molecule has 3 aliphatic heterocycles. The number of hydrogen-bond donors (Lipinski definition) is 1. The molecule has 8 heteroatoms. The lowest BCUT2D eigenvalue weighted by Crippen LogP contribution is -2.41. The number of aromatic nitrogens is 2. The van der Waals surface area contributed by atoms with Crippen molar-refractivity contribution in [2.75, 3.05) is 37.7 Å². The summed E-state index contributed by atoms with van der Waals surface area (Å²) >= 11 is 0. The summed E-state index contributed by atoms with van der Waals surface area (Å²) in [7, 11) is 1.95. The molecule has 5 rings (SSSR count). The van der Waals surface area contributed by atoms with Crippen molar-refractivity contribution in [1.29, 1.82) is 0 Å². The van der Waals surface area contributed by atoms with Crippen LogP contribution in [-0.2, 0) is 29.5 Å². The van der Waals surface area contributed by atoms with Crippen LogP contribution in [0.2, 0.25) is 0 Å². The van der Waals surface area contributed by atoms with Crippen molar-refractivity contribution in [2.24, 2.45) is 17.8 Å². The Morgan fingerprint density at radius 1 is 1.20 bits per heavy atom. The number of amides is 1. The average molecular weight is 477 g/mol. The Morgan fingerprint density at radius 3 is 2.77 bits per heavy atom. The first-order valence-corrected chi connectivity index (χ1v) is 12.8. The average Bonchev–Trinajstić information content (AvgIpc) is 3.34. The van der Waals surface area contributed by atoms with Crippen LogP contribution in [0.5, 0.6) is 0 Å². The Labute approximate surface area is 207 Å². The lowest BCUT2D eigenvalue weighted by atomic mass is 9.89. The molecule has 1 aromatic heterocycles. The van der Waals surface area contributed by atoms with Gasteiger partial charge >= 0.3 is 0 Å². The summed E-state index contributed by atoms with van der Waals surface area (Å²) < 4.78 is 7.37. The Morgan fingerprint density at radius 2 is 2.03 bits per heavy atom. The number of benzene rings is 1. The molecular formula is C27H36N6O2. The van der Waals surface area contributed by atoms with Gasteiger partial charge < -0.3 is 20.3 Å². The number of nitrogens with zero attached hydrogens (tertiary/aromatic N) is 5. The highest BCUT2D eigenvalue weighted by Gasteiger charge is 2.28. The first kappa shape index (κ1) is 23.6. The van der Waals surface area contributed by atoms with Crippen LogP contribution >= 0.6 is 0 Å². The van der Waals surface area contributed by atoms with Crippen LogP contribution in [0.4, 0.5) is 5.69 Å². The van der Waals surface area contributed by atoms with Crippen LogP contribution in [0.25, 0.3) is 5.70 Å². The van der Waals surface area contributed by atoms with Crippen LogP contribution in [0.1, 0.15) is 49.3 Å². The van der Waals surface area contributed by atoms with Gasteiger partial charge in [0.2, 0.25) is 5.91 Å². The van der Waals surface area contributed by atoms with Crippen LogP contribution in [0.3, 0.4) is 0 Å². The van der Waals surface area contributed by atoms with E-state index in [4.69, 9.17) is 15.5 Å². The third kappa shape index (κ3) is 4.98. The van der Waals surface area contributed by atoms with E-state index in [0.717, 1.165) is 80.2 Å². The van der Waals surface area contributed by atoms with Gasteiger partial charge in [-0.2, -0.15) is 5.10 Å². The second kappa shape index (κ2) is 10.2. The summed E-state index contributed by atoms with van der Waals surface area (Å²) in [4.78, 5) is 22.0. The van der Waals surface area contributed by atoms with Gasteiger partial charge in [-0.15, -0.1) is 0 Å². The maximum absolute atomic E-state index is 12.6. The summed E-state index contributed by atoms with van der Waals surface area (Å²) in [5, 5.41) is 4.33. The smallest absolute Gasteiger partial charge is 0.222 e. The van der Waals surface area contributed by atoms with E-state index in [1.165, 1.54) is 11.1 Å². The molecule has 35 heavy (non-hydrogen) atoms. The fraction of sp³-hybridized carbons (Fsp3) is 0.519. The molecule has 8 nitrogen and oxygen atoms in total. The largest absolute Gasteiger partial charge is 0.398 e. The second-order valence-corrected chi connectivity index (χ2v) is 9.72. The fourth-order valence-corrected chi connectivity index (χ4v) is 5.42. The zero-order valence-corrected chi connectivity index (χ0v) is 20.9. The third-order valence-electron chi connectivity index (χ3n) is 7.44. The van der Waals surface area contributed by atoms with Gasteiger partial charge in [-0.05, 0) is 30.4 Å². The summed E-state index contributed by atoms with van der Waals surface area (Å²) in [5.41, 5.74) is 14.6. The molecule has 2 fully saturated rings. The summed E-state index contributed by atoms with van der Waals surface area (Å²) in [6.07, 6.45) is 8.04. The summed E-state index contributed by atoms with van der Waals surface area (Å²) in [6.45, 7) is 6.43. The highest BCUT2D eigenvalue weighted by molar-refractivity contribution is 6.08. The Kier molecular flexibility index (Phi) is 6.90. The van der Waals surface area contributed by atoms with Crippen molar-refractivity contribution in [3.63, 3.8) is 0 Å². The molecule has 0 unspecified atom stereocenters. The monoisotopic (exact) mass is 476 g/mol. The quantitative estimate of drug-likeness (QED) is 0.733. The fourth-order valence-electron chi connectivity index (χ4n) is 5.42. The Balaban J connectivity index is 1.49. The molecule has 4 heterocycles. The van der Waals surface area contributed by atoms with Crippen LogP contribution < -0.4 is 10.6 Å². The van der Waals surface area contributed by atoms with Crippen molar-refractivity contribution in [2.45, 2.75) is 51.6 Å². The number of carbonyl (C=O) groups is 1. The number of rotatable bonds is 4. The predicted molar refractivity (Wildman–Crippen MR) is 138 cm³/mol. The minimum absolute atomic E-state index is 0.169. The highest BCUT2D eigenvalue weighted by atomic mass is 16.5. The third-order valence-corrected chi connectivity index (χ3v) is 7.44. The van der Waals surface area contributed by atoms with Gasteiger partial charge in [-0.3, -0.25) is 14.5 Å². The standard InChI is InChI=1S/C27H36N6O2/c1-3-26(34)33-12-8-25(30-20-9-13-35-14-10-20)24(18-33)27(28)23-6-4-5-19-16-32(11-7-22(19)23)21-15-29-31(2)17-21/h4-6,15,17,20H,3,7-14,16,18,28H2,1-2H3. The van der Waals surface area contributed by atoms with Gasteiger partial charge in [0.25, 0.3) is 0 Å². The van der Waals surface area contributed by atoms with Gasteiger partial charge in [0.05, 0.1) is 17.9 Å². The molecule has 0 spiro atoms. The number of fused-ring (bicyclic) bond motifs is 1. The van der Waals surface area contributed by atoms with Gasteiger partial charge in [0.1, 0.15) is 0 Å². The molecule has 1 amide bonds. The number of hydrogen-bond acceptors (Lipinski definition) is 6. The highest BCUT2D eigenvalue weighted by Crippen LogP contribution is 2.31. The topological polar surface area (TPSA) is 89.0 Å². The van der Waals surface area contributed by atoms with Crippen LogP contribution in [-0.4, -0.2) is 65.2 Å². The predicted octanol–water partition coefficient (Wildman–Crippen LogP) is 2.91. The molecule has 0 bridgehead atoms. The zero-order chi connectivity index (χ0) is 24.4. The number of nitrogens with two attached hydrogens (primary N) is 1. The van der Waals surface area contributed by atoms with Crippen molar-refractivity contribution in [3.05, 3.63) is 52.9 Å². The molecule has 0 aliphatic carbocycles. The van der Waals surface area contributed by atoms with E-state index in [2.05, 4.69) is 34.4 Å². The number of carbonyl (C=O) groups excluding carboxylic acids is 1. The number of aryl methyl sites for hydroxylation is 1. The molecule has 0 atom stereocenters. The number of ether oxygens (including phenoxy) is 1. The molecule has 2 aromatic rings. The van der Waals surface area contributed by atoms with Crippen LogP contribution in [0, 0.1) is 0 Å². The lowest BCUT2D eigenvalue weighted by molar-refractivity contribution is -0.130. The van der Waals surface area contributed by atoms with Crippen molar-refractivity contribution >= 4 is 23.0 Å². The first-order chi connectivity index (χ1) is 17.0. The van der Waals surface area contributed by atoms with Gasteiger partial charge in [-0.25, -0.2) is 0 Å². The van der Waals surface area contributed by atoms with E-state index >= 15 is 0 Å². The minimum Gasteiger partial charge on any atom is -0.398 e. The SMILES string of the molecule is CCC(=O)N1CCC(=NC2CCOCC2)C(=C(N)c2cccc3c2CCN(c2cnn(C)c2)C3)C1. The number of aliphatic imine (C=N–C) groups is 1. The minimum atomic E-state index is 0.169. The van der Waals surface area contributed by atoms with Gasteiger partial charge in [0.15, 0.2) is 0 Å². The van der Waals surface area contributed by atoms with E-state index in [9.17, 15) is 4.79 Å². The molecule has 2 N–H and O–H groups in total.